The minimum Gasteiger partial charge on any atom is -0.539 e. The summed E-state index contributed by atoms with van der Waals surface area (Å²) in [5.74, 6) is 0.626. The van der Waals surface area contributed by atoms with Crippen LogP contribution in [0.2, 0.25) is 0 Å². The number of para-hydroxylation sites is 1. The van der Waals surface area contributed by atoms with E-state index >= 15 is 0 Å². The average molecular weight is 529 g/mol. The molecule has 1 aliphatic carbocycles. The monoisotopic (exact) mass is 529 g/mol. The fraction of sp³-hybridized carbons (Fsp3) is 0.0270. The highest BCUT2D eigenvalue weighted by atomic mass is 16.5. The van der Waals surface area contributed by atoms with Crippen LogP contribution in [-0.2, 0) is 5.41 Å². The molecule has 0 fully saturated rings. The van der Waals surface area contributed by atoms with Gasteiger partial charge in [-0.3, -0.25) is 0 Å². The van der Waals surface area contributed by atoms with Crippen molar-refractivity contribution in [3.63, 3.8) is 0 Å². The summed E-state index contributed by atoms with van der Waals surface area (Å²) in [5.41, 5.74) is 10.2. The van der Waals surface area contributed by atoms with Gasteiger partial charge in [0.15, 0.2) is 0 Å². The van der Waals surface area contributed by atoms with Crippen LogP contribution in [0.1, 0.15) is 22.3 Å². The Labute approximate surface area is 241 Å². The molecular formula is C37H28BNO2. The van der Waals surface area contributed by atoms with E-state index in [1.807, 2.05) is 30.3 Å². The topological polar surface area (TPSA) is 32.7 Å². The molecule has 1 aliphatic rings. The van der Waals surface area contributed by atoms with Crippen molar-refractivity contribution in [3.05, 3.63) is 180 Å². The first kappa shape index (κ1) is 24.9. The molecule has 0 aliphatic heterocycles. The summed E-state index contributed by atoms with van der Waals surface area (Å²) in [6.07, 6.45) is 0. The molecule has 0 saturated heterocycles. The third kappa shape index (κ3) is 4.12. The second-order valence-corrected chi connectivity index (χ2v) is 10.2. The smallest absolute Gasteiger partial charge is 0.504 e. The zero-order chi connectivity index (χ0) is 27.6. The Hall–Kier alpha value is -5.06. The lowest BCUT2D eigenvalue weighted by Crippen LogP contribution is -2.28. The molecule has 1 N–H and O–H groups in total. The van der Waals surface area contributed by atoms with E-state index in [4.69, 9.17) is 4.65 Å². The van der Waals surface area contributed by atoms with Gasteiger partial charge in [-0.05, 0) is 81.9 Å². The largest absolute Gasteiger partial charge is 0.539 e. The molecule has 6 aromatic carbocycles. The van der Waals surface area contributed by atoms with Gasteiger partial charge in [0, 0.05) is 17.1 Å². The predicted molar refractivity (Wildman–Crippen MR) is 168 cm³/mol. The number of benzene rings is 6. The summed E-state index contributed by atoms with van der Waals surface area (Å²) in [5, 5.41) is 9.22. The van der Waals surface area contributed by atoms with Crippen molar-refractivity contribution in [2.75, 3.05) is 4.90 Å². The standard InChI is InChI=1S/C37H28BNO2/c40-38-41-32-23-20-30(21-24-32)39(29-16-8-3-9-17-29)31-22-25-34-33-18-10-11-19-35(33)37(36(34)26-31,27-12-4-1-5-13-27)28-14-6-2-7-15-28/h1-26,38,40H. The van der Waals surface area contributed by atoms with Crippen LogP contribution in [0.25, 0.3) is 11.1 Å². The van der Waals surface area contributed by atoms with Crippen molar-refractivity contribution < 1.29 is 9.68 Å². The Morgan fingerprint density at radius 2 is 1.00 bits per heavy atom. The zero-order valence-corrected chi connectivity index (χ0v) is 22.5. The van der Waals surface area contributed by atoms with Crippen molar-refractivity contribution in [2.24, 2.45) is 0 Å². The lowest BCUT2D eigenvalue weighted by molar-refractivity contribution is 0.454. The van der Waals surface area contributed by atoms with Crippen molar-refractivity contribution in [1.29, 1.82) is 0 Å². The first-order valence-electron chi connectivity index (χ1n) is 13.8. The van der Waals surface area contributed by atoms with E-state index in [-0.39, 0.29) is 7.69 Å². The normalized spacial score (nSPS) is 12.7. The molecule has 0 heterocycles. The fourth-order valence-corrected chi connectivity index (χ4v) is 6.36. The summed E-state index contributed by atoms with van der Waals surface area (Å²) in [4.78, 5) is 2.27. The van der Waals surface area contributed by atoms with Gasteiger partial charge >= 0.3 is 7.69 Å². The molecule has 7 rings (SSSR count). The van der Waals surface area contributed by atoms with Crippen molar-refractivity contribution >= 4 is 24.7 Å². The maximum absolute atomic E-state index is 9.22. The molecule has 4 heteroatoms. The highest BCUT2D eigenvalue weighted by Gasteiger charge is 2.46. The molecule has 0 unspecified atom stereocenters. The Kier molecular flexibility index (Phi) is 6.39. The van der Waals surface area contributed by atoms with E-state index < -0.39 is 5.41 Å². The van der Waals surface area contributed by atoms with Crippen LogP contribution in [0.3, 0.4) is 0 Å². The summed E-state index contributed by atoms with van der Waals surface area (Å²) < 4.78 is 5.31. The quantitative estimate of drug-likeness (QED) is 0.212. The van der Waals surface area contributed by atoms with Gasteiger partial charge in [0.25, 0.3) is 0 Å². The Balaban J connectivity index is 1.50. The third-order valence-electron chi connectivity index (χ3n) is 8.04. The minimum atomic E-state index is -0.467. The van der Waals surface area contributed by atoms with Crippen molar-refractivity contribution in [2.45, 2.75) is 5.41 Å². The summed E-state index contributed by atoms with van der Waals surface area (Å²) in [6, 6.07) is 55.6. The van der Waals surface area contributed by atoms with E-state index in [1.165, 1.54) is 33.4 Å². The molecule has 0 radical (unpaired) electrons. The number of hydrogen-bond acceptors (Lipinski definition) is 3. The van der Waals surface area contributed by atoms with Gasteiger partial charge in [-0.1, -0.05) is 109 Å². The maximum Gasteiger partial charge on any atom is 0.504 e. The van der Waals surface area contributed by atoms with Crippen LogP contribution >= 0.6 is 0 Å². The number of hydrogen-bond donors (Lipinski definition) is 1. The summed E-state index contributed by atoms with van der Waals surface area (Å²) in [6.45, 7) is 0. The molecule has 0 saturated carbocycles. The van der Waals surface area contributed by atoms with Gasteiger partial charge in [0.05, 0.1) is 5.41 Å². The van der Waals surface area contributed by atoms with E-state index in [0.29, 0.717) is 5.75 Å². The van der Waals surface area contributed by atoms with Crippen LogP contribution in [0.15, 0.2) is 158 Å². The second-order valence-electron chi connectivity index (χ2n) is 10.2. The second kappa shape index (κ2) is 10.5. The number of nitrogens with zero attached hydrogens (tertiary/aromatic N) is 1. The molecular weight excluding hydrogens is 501 g/mol. The molecule has 0 aromatic heterocycles. The molecule has 0 bridgehead atoms. The summed E-state index contributed by atoms with van der Waals surface area (Å²) >= 11 is 0. The molecule has 0 spiro atoms. The first-order chi connectivity index (χ1) is 20.3. The SMILES string of the molecule is OBOc1ccc(N(c2ccccc2)c2ccc3c(c2)C(c2ccccc2)(c2ccccc2)c2ccccc2-3)cc1. The minimum absolute atomic E-state index is 0.353. The average Bonchev–Trinajstić information content (AvgIpc) is 3.34. The van der Waals surface area contributed by atoms with Crippen LogP contribution in [0.4, 0.5) is 17.1 Å². The van der Waals surface area contributed by atoms with Gasteiger partial charge < -0.3 is 14.6 Å². The lowest BCUT2D eigenvalue weighted by Gasteiger charge is -2.35. The summed E-state index contributed by atoms with van der Waals surface area (Å²) in [7, 11) is -0.353. The van der Waals surface area contributed by atoms with Crippen molar-refractivity contribution in [1.82, 2.24) is 0 Å². The van der Waals surface area contributed by atoms with E-state index in [1.54, 1.807) is 0 Å². The van der Waals surface area contributed by atoms with E-state index in [0.717, 1.165) is 17.1 Å². The van der Waals surface area contributed by atoms with E-state index in [9.17, 15) is 5.02 Å². The highest BCUT2D eigenvalue weighted by molar-refractivity contribution is 6.17. The number of anilines is 3. The van der Waals surface area contributed by atoms with Crippen LogP contribution in [0.5, 0.6) is 5.75 Å². The molecule has 3 nitrogen and oxygen atoms in total. The van der Waals surface area contributed by atoms with E-state index in [2.05, 4.69) is 132 Å². The van der Waals surface area contributed by atoms with Gasteiger partial charge in [-0.2, -0.15) is 0 Å². The van der Waals surface area contributed by atoms with Crippen LogP contribution < -0.4 is 9.55 Å². The lowest BCUT2D eigenvalue weighted by atomic mass is 9.67. The molecule has 0 atom stereocenters. The van der Waals surface area contributed by atoms with Gasteiger partial charge in [0.2, 0.25) is 0 Å². The fourth-order valence-electron chi connectivity index (χ4n) is 6.36. The maximum atomic E-state index is 9.22. The zero-order valence-electron chi connectivity index (χ0n) is 22.5. The van der Waals surface area contributed by atoms with Gasteiger partial charge in [0.1, 0.15) is 5.75 Å². The predicted octanol–water partition coefficient (Wildman–Crippen LogP) is 8.16. The Bertz CT molecular complexity index is 1750. The first-order valence-corrected chi connectivity index (χ1v) is 13.8. The molecule has 196 valence electrons. The van der Waals surface area contributed by atoms with Crippen LogP contribution in [-0.4, -0.2) is 12.7 Å². The molecule has 6 aromatic rings. The highest BCUT2D eigenvalue weighted by Crippen LogP contribution is 2.57. The Morgan fingerprint density at radius 3 is 1.63 bits per heavy atom. The van der Waals surface area contributed by atoms with Gasteiger partial charge in [-0.15, -0.1) is 0 Å². The van der Waals surface area contributed by atoms with Crippen LogP contribution in [0, 0.1) is 0 Å². The molecule has 0 amide bonds. The molecule has 41 heavy (non-hydrogen) atoms. The van der Waals surface area contributed by atoms with Crippen molar-refractivity contribution in [3.8, 4) is 16.9 Å². The Morgan fingerprint density at radius 1 is 0.488 bits per heavy atom. The van der Waals surface area contributed by atoms with Gasteiger partial charge in [-0.25, -0.2) is 0 Å². The number of rotatable bonds is 7. The number of fused-ring (bicyclic) bond motifs is 3. The third-order valence-corrected chi connectivity index (χ3v) is 8.04.